The zero-order valence-electron chi connectivity index (χ0n) is 15.4. The summed E-state index contributed by atoms with van der Waals surface area (Å²) < 4.78 is 11.6. The van der Waals surface area contributed by atoms with Gasteiger partial charge in [0.1, 0.15) is 11.3 Å². The molecule has 0 fully saturated rings. The van der Waals surface area contributed by atoms with E-state index in [1.165, 1.54) is 0 Å². The second-order valence-corrected chi connectivity index (χ2v) is 6.34. The molecule has 3 rings (SSSR count). The van der Waals surface area contributed by atoms with Crippen LogP contribution in [-0.2, 0) is 0 Å². The van der Waals surface area contributed by atoms with E-state index in [1.54, 1.807) is 24.3 Å². The van der Waals surface area contributed by atoms with E-state index in [9.17, 15) is 4.79 Å². The maximum atomic E-state index is 10.8. The highest BCUT2D eigenvalue weighted by atomic mass is 16.5. The molecule has 0 bridgehead atoms. The van der Waals surface area contributed by atoms with Crippen molar-refractivity contribution in [2.45, 2.75) is 26.2 Å². The Balaban J connectivity index is 1.47. The quantitative estimate of drug-likeness (QED) is 0.527. The molecule has 142 valence electrons. The summed E-state index contributed by atoms with van der Waals surface area (Å²) in [6, 6.07) is 14.9. The molecular formula is C21H24N2O4. The van der Waals surface area contributed by atoms with Gasteiger partial charge in [0.05, 0.1) is 12.2 Å². The first-order chi connectivity index (χ1) is 13.2. The number of para-hydroxylation sites is 2. The summed E-state index contributed by atoms with van der Waals surface area (Å²) in [7, 11) is 0. The molecule has 1 aromatic heterocycles. The lowest BCUT2D eigenvalue weighted by atomic mass is 10.2. The first-order valence-electron chi connectivity index (χ1n) is 9.24. The maximum Gasteiger partial charge on any atom is 0.335 e. The van der Waals surface area contributed by atoms with Crippen LogP contribution in [0, 0.1) is 0 Å². The smallest absolute Gasteiger partial charge is 0.335 e. The molecule has 0 spiro atoms. The van der Waals surface area contributed by atoms with Gasteiger partial charge in [-0.3, -0.25) is 0 Å². The number of hydrogen-bond acceptors (Lipinski definition) is 5. The highest BCUT2D eigenvalue weighted by molar-refractivity contribution is 5.87. The minimum Gasteiger partial charge on any atom is -0.494 e. The van der Waals surface area contributed by atoms with Gasteiger partial charge in [-0.05, 0) is 55.7 Å². The predicted molar refractivity (Wildman–Crippen MR) is 105 cm³/mol. The van der Waals surface area contributed by atoms with Crippen molar-refractivity contribution in [2.75, 3.05) is 24.6 Å². The highest BCUT2D eigenvalue weighted by Crippen LogP contribution is 2.22. The minimum absolute atomic E-state index is 0.260. The SMILES string of the molecule is CCCN(CCCCOc1ccc(C(=O)O)cc1)c1nc2ccccc2o1. The average molecular weight is 368 g/mol. The molecule has 2 aromatic carbocycles. The number of carboxylic acid groups (broad SMARTS) is 1. The third-order valence-electron chi connectivity index (χ3n) is 4.24. The molecule has 0 aliphatic carbocycles. The van der Waals surface area contributed by atoms with Crippen LogP contribution in [0.2, 0.25) is 0 Å². The number of anilines is 1. The number of unbranched alkanes of at least 4 members (excludes halogenated alkanes) is 1. The fraction of sp³-hybridized carbons (Fsp3) is 0.333. The summed E-state index contributed by atoms with van der Waals surface area (Å²) in [6.45, 7) is 4.46. The normalized spacial score (nSPS) is 10.9. The number of oxazole rings is 1. The molecule has 0 atom stereocenters. The standard InChI is InChI=1S/C21H24N2O4/c1-2-13-23(21-22-18-7-3-4-8-19(18)27-21)14-5-6-15-26-17-11-9-16(10-12-17)20(24)25/h3-4,7-12H,2,5-6,13-15H2,1H3,(H,24,25). The van der Waals surface area contributed by atoms with E-state index in [1.807, 2.05) is 24.3 Å². The highest BCUT2D eigenvalue weighted by Gasteiger charge is 2.13. The van der Waals surface area contributed by atoms with E-state index in [-0.39, 0.29) is 5.56 Å². The molecule has 0 saturated heterocycles. The number of fused-ring (bicyclic) bond motifs is 1. The fourth-order valence-electron chi connectivity index (χ4n) is 2.86. The van der Waals surface area contributed by atoms with E-state index in [2.05, 4.69) is 16.8 Å². The number of nitrogens with zero attached hydrogens (tertiary/aromatic N) is 2. The number of benzene rings is 2. The van der Waals surface area contributed by atoms with Crippen LogP contribution in [0.3, 0.4) is 0 Å². The third kappa shape index (κ3) is 5.00. The Labute approximate surface area is 158 Å². The van der Waals surface area contributed by atoms with Crippen molar-refractivity contribution in [3.8, 4) is 5.75 Å². The summed E-state index contributed by atoms with van der Waals surface area (Å²) >= 11 is 0. The van der Waals surface area contributed by atoms with Gasteiger partial charge in [-0.1, -0.05) is 19.1 Å². The maximum absolute atomic E-state index is 10.8. The zero-order chi connectivity index (χ0) is 19.1. The van der Waals surface area contributed by atoms with Crippen LogP contribution in [0.5, 0.6) is 5.75 Å². The monoisotopic (exact) mass is 368 g/mol. The van der Waals surface area contributed by atoms with Gasteiger partial charge in [-0.2, -0.15) is 4.98 Å². The molecule has 1 heterocycles. The molecule has 0 aliphatic heterocycles. The number of aromatic carboxylic acids is 1. The van der Waals surface area contributed by atoms with Crippen molar-refractivity contribution in [1.82, 2.24) is 4.98 Å². The van der Waals surface area contributed by atoms with Crippen molar-refractivity contribution < 1.29 is 19.1 Å². The molecule has 0 unspecified atom stereocenters. The third-order valence-corrected chi connectivity index (χ3v) is 4.24. The predicted octanol–water partition coefficient (Wildman–Crippen LogP) is 4.60. The van der Waals surface area contributed by atoms with Gasteiger partial charge in [-0.25, -0.2) is 4.79 Å². The van der Waals surface area contributed by atoms with Crippen LogP contribution < -0.4 is 9.64 Å². The lowest BCUT2D eigenvalue weighted by Crippen LogP contribution is -2.25. The molecule has 0 amide bonds. The second-order valence-electron chi connectivity index (χ2n) is 6.34. The molecule has 6 nitrogen and oxygen atoms in total. The average Bonchev–Trinajstić information content (AvgIpc) is 3.11. The van der Waals surface area contributed by atoms with Gasteiger partial charge >= 0.3 is 5.97 Å². The lowest BCUT2D eigenvalue weighted by Gasteiger charge is -2.19. The summed E-state index contributed by atoms with van der Waals surface area (Å²) in [5.74, 6) is -0.249. The first kappa shape index (κ1) is 18.8. The summed E-state index contributed by atoms with van der Waals surface area (Å²) in [6.07, 6.45) is 2.86. The van der Waals surface area contributed by atoms with Crippen molar-refractivity contribution in [1.29, 1.82) is 0 Å². The number of ether oxygens (including phenoxy) is 1. The van der Waals surface area contributed by atoms with Gasteiger partial charge in [0.2, 0.25) is 0 Å². The van der Waals surface area contributed by atoms with Gasteiger partial charge in [-0.15, -0.1) is 0 Å². The van der Waals surface area contributed by atoms with E-state index >= 15 is 0 Å². The van der Waals surface area contributed by atoms with Crippen LogP contribution in [-0.4, -0.2) is 35.8 Å². The van der Waals surface area contributed by atoms with Crippen LogP contribution >= 0.6 is 0 Å². The number of rotatable bonds is 10. The van der Waals surface area contributed by atoms with Crippen LogP contribution in [0.25, 0.3) is 11.1 Å². The van der Waals surface area contributed by atoms with Gasteiger partial charge in [0.25, 0.3) is 6.01 Å². The summed E-state index contributed by atoms with van der Waals surface area (Å²) in [4.78, 5) is 17.6. The van der Waals surface area contributed by atoms with Crippen molar-refractivity contribution >= 4 is 23.1 Å². The van der Waals surface area contributed by atoms with Crippen molar-refractivity contribution in [3.05, 3.63) is 54.1 Å². The first-order valence-corrected chi connectivity index (χ1v) is 9.24. The van der Waals surface area contributed by atoms with E-state index in [0.717, 1.165) is 43.5 Å². The molecule has 0 radical (unpaired) electrons. The van der Waals surface area contributed by atoms with E-state index < -0.39 is 5.97 Å². The summed E-state index contributed by atoms with van der Waals surface area (Å²) in [5.41, 5.74) is 1.94. The van der Waals surface area contributed by atoms with Gasteiger partial charge in [0.15, 0.2) is 5.58 Å². The topological polar surface area (TPSA) is 75.8 Å². The molecule has 0 aliphatic rings. The molecule has 3 aromatic rings. The number of hydrogen-bond donors (Lipinski definition) is 1. The molecular weight excluding hydrogens is 344 g/mol. The number of aromatic nitrogens is 1. The van der Waals surface area contributed by atoms with Crippen molar-refractivity contribution in [3.63, 3.8) is 0 Å². The van der Waals surface area contributed by atoms with Crippen LogP contribution in [0.1, 0.15) is 36.5 Å². The van der Waals surface area contributed by atoms with Crippen molar-refractivity contribution in [2.24, 2.45) is 0 Å². The van der Waals surface area contributed by atoms with Gasteiger partial charge < -0.3 is 19.2 Å². The zero-order valence-corrected chi connectivity index (χ0v) is 15.4. The van der Waals surface area contributed by atoms with E-state index in [0.29, 0.717) is 18.4 Å². The Kier molecular flexibility index (Phi) is 6.30. The second kappa shape index (κ2) is 9.07. The fourth-order valence-corrected chi connectivity index (χ4v) is 2.86. The molecule has 0 saturated carbocycles. The summed E-state index contributed by atoms with van der Waals surface area (Å²) in [5, 5.41) is 8.90. The Bertz CT molecular complexity index is 840. The number of carboxylic acids is 1. The molecule has 6 heteroatoms. The van der Waals surface area contributed by atoms with E-state index in [4.69, 9.17) is 14.3 Å². The largest absolute Gasteiger partial charge is 0.494 e. The Morgan fingerprint density at radius 3 is 2.59 bits per heavy atom. The van der Waals surface area contributed by atoms with Gasteiger partial charge in [0, 0.05) is 13.1 Å². The molecule has 1 N–H and O–H groups in total. The minimum atomic E-state index is -0.934. The van der Waals surface area contributed by atoms with Crippen LogP contribution in [0.4, 0.5) is 6.01 Å². The van der Waals surface area contributed by atoms with Crippen LogP contribution in [0.15, 0.2) is 52.9 Å². The Morgan fingerprint density at radius 1 is 1.11 bits per heavy atom. The Morgan fingerprint density at radius 2 is 1.89 bits per heavy atom. The Hall–Kier alpha value is -3.02. The number of carbonyl (C=O) groups is 1. The lowest BCUT2D eigenvalue weighted by molar-refractivity contribution is 0.0697. The molecule has 27 heavy (non-hydrogen) atoms.